The zero-order chi connectivity index (χ0) is 34.6. The molecule has 10 aromatic rings. The normalized spacial score (nSPS) is 13.3. The smallest absolute Gasteiger partial charge is 0.144 e. The zero-order valence-corrected chi connectivity index (χ0v) is 28.9. The Kier molecular flexibility index (Phi) is 6.01. The molecule has 0 bridgehead atoms. The molecule has 1 aliphatic rings. The van der Waals surface area contributed by atoms with Crippen molar-refractivity contribution in [3.8, 4) is 22.3 Å². The van der Waals surface area contributed by atoms with Crippen LogP contribution < -0.4 is 4.90 Å². The van der Waals surface area contributed by atoms with Gasteiger partial charge in [0.25, 0.3) is 0 Å². The van der Waals surface area contributed by atoms with Crippen LogP contribution in [0.2, 0.25) is 0 Å². The van der Waals surface area contributed by atoms with Crippen LogP contribution in [0.3, 0.4) is 0 Å². The van der Waals surface area contributed by atoms with Gasteiger partial charge < -0.3 is 13.7 Å². The van der Waals surface area contributed by atoms with Crippen molar-refractivity contribution in [2.45, 2.75) is 19.3 Å². The van der Waals surface area contributed by atoms with E-state index in [-0.39, 0.29) is 5.41 Å². The summed E-state index contributed by atoms with van der Waals surface area (Å²) in [6.45, 7) is 4.68. The average molecular weight is 668 g/mol. The first kappa shape index (κ1) is 29.2. The van der Waals surface area contributed by atoms with Crippen LogP contribution in [0.25, 0.3) is 76.9 Å². The Balaban J connectivity index is 1.17. The first-order valence-corrected chi connectivity index (χ1v) is 17.9. The summed E-state index contributed by atoms with van der Waals surface area (Å²) in [5, 5.41) is 6.67. The van der Waals surface area contributed by atoms with Crippen molar-refractivity contribution >= 4 is 71.7 Å². The van der Waals surface area contributed by atoms with Crippen molar-refractivity contribution in [1.82, 2.24) is 0 Å². The summed E-state index contributed by atoms with van der Waals surface area (Å²) < 4.78 is 13.4. The van der Waals surface area contributed by atoms with Crippen LogP contribution in [0.4, 0.5) is 17.1 Å². The Hall–Kier alpha value is -6.58. The Labute approximate surface area is 301 Å². The maximum absolute atomic E-state index is 6.83. The Morgan fingerprint density at radius 1 is 0.442 bits per heavy atom. The molecule has 3 nitrogen and oxygen atoms in total. The van der Waals surface area contributed by atoms with Gasteiger partial charge in [-0.3, -0.25) is 0 Å². The minimum absolute atomic E-state index is 0.118. The average Bonchev–Trinajstić information content (AvgIpc) is 3.81. The SMILES string of the molecule is CC1(C)c2ccccc2-c2ccc(N(c3ccc4ccccc4c3)c3ccc4oc5c(-c6ccccc6)c6c(cc5c4c3)oc3ccccc36)cc21. The molecule has 0 unspecified atom stereocenters. The van der Waals surface area contributed by atoms with Crippen molar-refractivity contribution in [3.05, 3.63) is 175 Å². The Bertz CT molecular complexity index is 3050. The van der Waals surface area contributed by atoms with Gasteiger partial charge in [-0.2, -0.15) is 0 Å². The van der Waals surface area contributed by atoms with Gasteiger partial charge >= 0.3 is 0 Å². The lowest BCUT2D eigenvalue weighted by atomic mass is 9.82. The lowest BCUT2D eigenvalue weighted by molar-refractivity contribution is 0.660. The highest BCUT2D eigenvalue weighted by Gasteiger charge is 2.36. The summed E-state index contributed by atoms with van der Waals surface area (Å²) in [4.78, 5) is 2.39. The van der Waals surface area contributed by atoms with Crippen LogP contribution in [0, 0.1) is 0 Å². The summed E-state index contributed by atoms with van der Waals surface area (Å²) in [7, 11) is 0. The zero-order valence-electron chi connectivity index (χ0n) is 28.9. The molecule has 0 radical (unpaired) electrons. The molecule has 2 aromatic heterocycles. The number of hydrogen-bond acceptors (Lipinski definition) is 3. The quantitative estimate of drug-likeness (QED) is 0.187. The van der Waals surface area contributed by atoms with E-state index in [1.54, 1.807) is 0 Å². The number of rotatable bonds is 4. The molecule has 2 heterocycles. The van der Waals surface area contributed by atoms with Gasteiger partial charge in [-0.15, -0.1) is 0 Å². The number of furan rings is 2. The van der Waals surface area contributed by atoms with Crippen molar-refractivity contribution in [2.24, 2.45) is 0 Å². The van der Waals surface area contributed by atoms with Crippen LogP contribution in [-0.4, -0.2) is 0 Å². The maximum atomic E-state index is 6.83. The molecule has 0 atom stereocenters. The highest BCUT2D eigenvalue weighted by atomic mass is 16.3. The van der Waals surface area contributed by atoms with Crippen LogP contribution >= 0.6 is 0 Å². The fourth-order valence-electron chi connectivity index (χ4n) is 8.72. The van der Waals surface area contributed by atoms with Crippen molar-refractivity contribution in [2.75, 3.05) is 4.90 Å². The highest BCUT2D eigenvalue weighted by molar-refractivity contribution is 6.23. The first-order valence-electron chi connectivity index (χ1n) is 17.9. The Morgan fingerprint density at radius 2 is 1.12 bits per heavy atom. The molecule has 0 saturated heterocycles. The predicted molar refractivity (Wildman–Crippen MR) is 216 cm³/mol. The molecule has 0 amide bonds. The molecule has 3 heteroatoms. The lowest BCUT2D eigenvalue weighted by Crippen LogP contribution is -2.16. The van der Waals surface area contributed by atoms with Gasteiger partial charge in [0.05, 0.1) is 0 Å². The molecule has 0 spiro atoms. The van der Waals surface area contributed by atoms with Gasteiger partial charge in [0, 0.05) is 49.6 Å². The summed E-state index contributed by atoms with van der Waals surface area (Å²) >= 11 is 0. The predicted octanol–water partition coefficient (Wildman–Crippen LogP) is 14.1. The standard InChI is InChI=1S/C49H33NO2/c1-49(2)41-18-10-8-16-36(41)37-24-22-35(28-42(37)49)50(33-21-20-30-12-6-7-15-32(30)26-33)34-23-25-44-39(27-34)40-29-45-47(38-17-9-11-19-43(38)51-45)46(48(40)52-44)31-13-4-3-5-14-31/h3-29H,1-2H3. The molecule has 0 aliphatic heterocycles. The fraction of sp³-hybridized carbons (Fsp3) is 0.0612. The summed E-state index contributed by atoms with van der Waals surface area (Å²) in [6, 6.07) is 58.7. The Morgan fingerprint density at radius 3 is 2.02 bits per heavy atom. The van der Waals surface area contributed by atoms with Gasteiger partial charge in [-0.1, -0.05) is 123 Å². The molecule has 8 aromatic carbocycles. The van der Waals surface area contributed by atoms with Gasteiger partial charge in [0.15, 0.2) is 0 Å². The van der Waals surface area contributed by atoms with Crippen LogP contribution in [0.15, 0.2) is 173 Å². The second-order valence-electron chi connectivity index (χ2n) is 14.5. The second-order valence-corrected chi connectivity index (χ2v) is 14.5. The number of fused-ring (bicyclic) bond motifs is 10. The van der Waals surface area contributed by atoms with Crippen molar-refractivity contribution in [1.29, 1.82) is 0 Å². The number of anilines is 3. The molecule has 1 aliphatic carbocycles. The first-order chi connectivity index (χ1) is 25.5. The van der Waals surface area contributed by atoms with Crippen molar-refractivity contribution < 1.29 is 8.83 Å². The lowest BCUT2D eigenvalue weighted by Gasteiger charge is -2.28. The van der Waals surface area contributed by atoms with E-state index in [4.69, 9.17) is 8.83 Å². The van der Waals surface area contributed by atoms with E-state index in [0.717, 1.165) is 72.1 Å². The molecule has 246 valence electrons. The fourth-order valence-corrected chi connectivity index (χ4v) is 8.72. The van der Waals surface area contributed by atoms with Gasteiger partial charge in [0.2, 0.25) is 0 Å². The third-order valence-corrected chi connectivity index (χ3v) is 11.2. The van der Waals surface area contributed by atoms with Crippen molar-refractivity contribution in [3.63, 3.8) is 0 Å². The van der Waals surface area contributed by atoms with E-state index >= 15 is 0 Å². The summed E-state index contributed by atoms with van der Waals surface area (Å²) in [5.74, 6) is 0. The third kappa shape index (κ3) is 4.14. The minimum Gasteiger partial charge on any atom is -0.456 e. The van der Waals surface area contributed by atoms with E-state index in [1.165, 1.54) is 33.0 Å². The highest BCUT2D eigenvalue weighted by Crippen LogP contribution is 2.51. The molecule has 0 saturated carbocycles. The molecular formula is C49H33NO2. The van der Waals surface area contributed by atoms with Crippen LogP contribution in [-0.2, 0) is 5.41 Å². The van der Waals surface area contributed by atoms with Gasteiger partial charge in [-0.05, 0) is 93.2 Å². The molecule has 0 fully saturated rings. The third-order valence-electron chi connectivity index (χ3n) is 11.2. The number of para-hydroxylation sites is 1. The maximum Gasteiger partial charge on any atom is 0.144 e. The van der Waals surface area contributed by atoms with Gasteiger partial charge in [0.1, 0.15) is 22.3 Å². The molecule has 52 heavy (non-hydrogen) atoms. The molecule has 0 N–H and O–H groups in total. The van der Waals surface area contributed by atoms with Crippen LogP contribution in [0.5, 0.6) is 0 Å². The van der Waals surface area contributed by atoms with E-state index in [0.29, 0.717) is 0 Å². The molecule has 11 rings (SSSR count). The van der Waals surface area contributed by atoms with Crippen LogP contribution in [0.1, 0.15) is 25.0 Å². The molecular weight excluding hydrogens is 635 g/mol. The number of hydrogen-bond donors (Lipinski definition) is 0. The van der Waals surface area contributed by atoms with E-state index in [9.17, 15) is 0 Å². The topological polar surface area (TPSA) is 29.5 Å². The second kappa shape index (κ2) is 10.7. The van der Waals surface area contributed by atoms with Gasteiger partial charge in [-0.25, -0.2) is 0 Å². The van der Waals surface area contributed by atoms with E-state index < -0.39 is 0 Å². The monoisotopic (exact) mass is 667 g/mol. The van der Waals surface area contributed by atoms with E-state index in [1.807, 2.05) is 12.1 Å². The minimum atomic E-state index is -0.118. The summed E-state index contributed by atoms with van der Waals surface area (Å²) in [6.07, 6.45) is 0. The number of nitrogens with zero attached hydrogens (tertiary/aromatic N) is 1. The largest absolute Gasteiger partial charge is 0.456 e. The van der Waals surface area contributed by atoms with E-state index in [2.05, 4.69) is 170 Å². The summed E-state index contributed by atoms with van der Waals surface area (Å²) in [5.41, 5.74) is 14.1. The number of benzene rings is 8.